The van der Waals surface area contributed by atoms with Gasteiger partial charge in [0.1, 0.15) is 0 Å². The van der Waals surface area contributed by atoms with Crippen LogP contribution in [-0.4, -0.2) is 19.3 Å². The van der Waals surface area contributed by atoms with E-state index in [0.29, 0.717) is 17.4 Å². The zero-order chi connectivity index (χ0) is 16.8. The second-order valence-corrected chi connectivity index (χ2v) is 6.57. The van der Waals surface area contributed by atoms with Gasteiger partial charge < -0.3 is 19.0 Å². The summed E-state index contributed by atoms with van der Waals surface area (Å²) < 4.78 is 17.6. The Balaban J connectivity index is 2.17. The quantitative estimate of drug-likeness (QED) is 0.608. The molecular weight excluding hydrogens is 294 g/mol. The molecule has 0 spiro atoms. The molecule has 1 aliphatic carbocycles. The van der Waals surface area contributed by atoms with E-state index in [0.717, 1.165) is 18.4 Å². The SMILES string of the molecule is COc1cc(C(OC(C)C)O[C@H]2CCC[C@@H](C)C2)ccc1ON. The van der Waals surface area contributed by atoms with Gasteiger partial charge in [-0.05, 0) is 50.8 Å². The molecule has 0 aliphatic heterocycles. The van der Waals surface area contributed by atoms with Gasteiger partial charge in [-0.15, -0.1) is 0 Å². The summed E-state index contributed by atoms with van der Waals surface area (Å²) in [5.74, 6) is 7.02. The van der Waals surface area contributed by atoms with E-state index in [-0.39, 0.29) is 12.2 Å². The van der Waals surface area contributed by atoms with Crippen molar-refractivity contribution in [2.45, 2.75) is 65.0 Å². The Kier molecular flexibility index (Phi) is 6.69. The summed E-state index contributed by atoms with van der Waals surface area (Å²) in [6, 6.07) is 5.54. The predicted molar refractivity (Wildman–Crippen MR) is 89.3 cm³/mol. The van der Waals surface area contributed by atoms with Crippen LogP contribution in [-0.2, 0) is 9.47 Å². The molecule has 5 nitrogen and oxygen atoms in total. The van der Waals surface area contributed by atoms with Crippen molar-refractivity contribution in [3.8, 4) is 11.5 Å². The second kappa shape index (κ2) is 8.52. The van der Waals surface area contributed by atoms with Crippen molar-refractivity contribution >= 4 is 0 Å². The minimum atomic E-state index is -0.411. The Bertz CT molecular complexity index is 492. The maximum Gasteiger partial charge on any atom is 0.188 e. The highest BCUT2D eigenvalue weighted by molar-refractivity contribution is 5.43. The third kappa shape index (κ3) is 5.09. The molecule has 1 fully saturated rings. The van der Waals surface area contributed by atoms with Crippen molar-refractivity contribution < 1.29 is 19.0 Å². The molecule has 5 heteroatoms. The lowest BCUT2D eigenvalue weighted by Gasteiger charge is -2.31. The Morgan fingerprint density at radius 1 is 1.17 bits per heavy atom. The third-order valence-electron chi connectivity index (χ3n) is 4.19. The normalized spacial score (nSPS) is 22.9. The fraction of sp³-hybridized carbons (Fsp3) is 0.667. The van der Waals surface area contributed by atoms with E-state index < -0.39 is 6.29 Å². The van der Waals surface area contributed by atoms with Crippen molar-refractivity contribution in [3.05, 3.63) is 23.8 Å². The average molecular weight is 323 g/mol. The Morgan fingerprint density at radius 2 is 1.96 bits per heavy atom. The van der Waals surface area contributed by atoms with Crippen LogP contribution in [0.3, 0.4) is 0 Å². The van der Waals surface area contributed by atoms with E-state index in [4.69, 9.17) is 24.9 Å². The molecule has 1 saturated carbocycles. The van der Waals surface area contributed by atoms with E-state index in [1.54, 1.807) is 13.2 Å². The standard InChI is InChI=1S/C18H29NO4/c1-12(2)21-18(22-15-7-5-6-13(3)10-15)14-8-9-16(23-19)17(11-14)20-4/h8-9,11-13,15,18H,5-7,10,19H2,1-4H3/t13-,15+,18?/m1/s1. The van der Waals surface area contributed by atoms with Crippen LogP contribution in [0.1, 0.15) is 58.3 Å². The molecule has 0 heterocycles. The van der Waals surface area contributed by atoms with Gasteiger partial charge in [0.15, 0.2) is 17.8 Å². The van der Waals surface area contributed by atoms with Crippen molar-refractivity contribution in [2.75, 3.05) is 7.11 Å². The molecule has 1 aromatic rings. The number of methoxy groups -OCH3 is 1. The van der Waals surface area contributed by atoms with Crippen molar-refractivity contribution in [2.24, 2.45) is 11.8 Å². The summed E-state index contributed by atoms with van der Waals surface area (Å²) >= 11 is 0. The largest absolute Gasteiger partial charge is 0.493 e. The smallest absolute Gasteiger partial charge is 0.188 e. The molecule has 2 rings (SSSR count). The van der Waals surface area contributed by atoms with Gasteiger partial charge in [-0.3, -0.25) is 0 Å². The summed E-state index contributed by atoms with van der Waals surface area (Å²) in [6.07, 6.45) is 4.56. The van der Waals surface area contributed by atoms with E-state index in [2.05, 4.69) is 6.92 Å². The van der Waals surface area contributed by atoms with Crippen molar-refractivity contribution in [3.63, 3.8) is 0 Å². The molecule has 0 amide bonds. The second-order valence-electron chi connectivity index (χ2n) is 6.57. The highest BCUT2D eigenvalue weighted by atomic mass is 16.7. The molecule has 0 aromatic heterocycles. The lowest BCUT2D eigenvalue weighted by Crippen LogP contribution is -2.26. The molecule has 0 bridgehead atoms. The Hall–Kier alpha value is -1.30. The zero-order valence-corrected chi connectivity index (χ0v) is 14.6. The molecular formula is C18H29NO4. The maximum absolute atomic E-state index is 6.28. The number of ether oxygens (including phenoxy) is 3. The van der Waals surface area contributed by atoms with Crippen molar-refractivity contribution in [1.29, 1.82) is 0 Å². The van der Waals surface area contributed by atoms with Crippen LogP contribution >= 0.6 is 0 Å². The van der Waals surface area contributed by atoms with Crippen LogP contribution in [0.25, 0.3) is 0 Å². The molecule has 3 atom stereocenters. The van der Waals surface area contributed by atoms with Gasteiger partial charge in [0.05, 0.1) is 19.3 Å². The molecule has 1 aliphatic rings. The monoisotopic (exact) mass is 323 g/mol. The van der Waals surface area contributed by atoms with E-state index in [1.807, 2.05) is 26.0 Å². The number of hydrogen-bond donors (Lipinski definition) is 1. The van der Waals surface area contributed by atoms with Gasteiger partial charge in [0, 0.05) is 5.56 Å². The summed E-state index contributed by atoms with van der Waals surface area (Å²) in [6.45, 7) is 6.30. The van der Waals surface area contributed by atoms with Gasteiger partial charge in [-0.1, -0.05) is 19.8 Å². The highest BCUT2D eigenvalue weighted by Gasteiger charge is 2.25. The van der Waals surface area contributed by atoms with E-state index >= 15 is 0 Å². The van der Waals surface area contributed by atoms with Crippen LogP contribution in [0.2, 0.25) is 0 Å². The number of benzene rings is 1. The van der Waals surface area contributed by atoms with Gasteiger partial charge in [0.25, 0.3) is 0 Å². The molecule has 23 heavy (non-hydrogen) atoms. The Morgan fingerprint density at radius 3 is 2.57 bits per heavy atom. The molecule has 1 aromatic carbocycles. The highest BCUT2D eigenvalue weighted by Crippen LogP contribution is 2.35. The number of hydrogen-bond acceptors (Lipinski definition) is 5. The predicted octanol–water partition coefficient (Wildman–Crippen LogP) is 3.97. The number of nitrogens with two attached hydrogens (primary N) is 1. The van der Waals surface area contributed by atoms with Crippen molar-refractivity contribution in [1.82, 2.24) is 0 Å². The fourth-order valence-electron chi connectivity index (χ4n) is 3.04. The maximum atomic E-state index is 6.28. The minimum Gasteiger partial charge on any atom is -0.493 e. The van der Waals surface area contributed by atoms with Crippen LogP contribution in [0.15, 0.2) is 18.2 Å². The molecule has 130 valence electrons. The molecule has 1 unspecified atom stereocenters. The van der Waals surface area contributed by atoms with Crippen LogP contribution in [0.5, 0.6) is 11.5 Å². The molecule has 0 radical (unpaired) electrons. The molecule has 2 N–H and O–H groups in total. The van der Waals surface area contributed by atoms with E-state index in [1.165, 1.54) is 12.8 Å². The van der Waals surface area contributed by atoms with Gasteiger partial charge in [-0.25, -0.2) is 0 Å². The van der Waals surface area contributed by atoms with Crippen LogP contribution in [0.4, 0.5) is 0 Å². The first-order valence-corrected chi connectivity index (χ1v) is 8.39. The van der Waals surface area contributed by atoms with Crippen LogP contribution in [0, 0.1) is 5.92 Å². The summed E-state index contributed by atoms with van der Waals surface area (Å²) in [5.41, 5.74) is 0.912. The first-order chi connectivity index (χ1) is 11.0. The lowest BCUT2D eigenvalue weighted by molar-refractivity contribution is -0.200. The summed E-state index contributed by atoms with van der Waals surface area (Å²) in [4.78, 5) is 4.81. The fourth-order valence-corrected chi connectivity index (χ4v) is 3.04. The summed E-state index contributed by atoms with van der Waals surface area (Å²) in [7, 11) is 1.59. The lowest BCUT2D eigenvalue weighted by atomic mass is 9.88. The van der Waals surface area contributed by atoms with Gasteiger partial charge in [0.2, 0.25) is 0 Å². The van der Waals surface area contributed by atoms with Gasteiger partial charge >= 0.3 is 0 Å². The van der Waals surface area contributed by atoms with Crippen LogP contribution < -0.4 is 15.5 Å². The summed E-state index contributed by atoms with van der Waals surface area (Å²) in [5, 5.41) is 0. The van der Waals surface area contributed by atoms with E-state index in [9.17, 15) is 0 Å². The van der Waals surface area contributed by atoms with Gasteiger partial charge in [-0.2, -0.15) is 5.90 Å². The number of rotatable bonds is 7. The first-order valence-electron chi connectivity index (χ1n) is 8.39. The minimum absolute atomic E-state index is 0.0671. The zero-order valence-electron chi connectivity index (χ0n) is 14.6. The third-order valence-corrected chi connectivity index (χ3v) is 4.19. The first kappa shape index (κ1) is 18.0. The Labute approximate surface area is 139 Å². The topological polar surface area (TPSA) is 62.9 Å². The molecule has 0 saturated heterocycles. The average Bonchev–Trinajstić information content (AvgIpc) is 2.53.